The van der Waals surface area contributed by atoms with Crippen LogP contribution in [0.5, 0.6) is 0 Å². The molecule has 1 spiro atoms. The molecule has 2 aliphatic rings. The lowest BCUT2D eigenvalue weighted by molar-refractivity contribution is 0.0602. The van der Waals surface area contributed by atoms with Crippen LogP contribution in [-0.2, 0) is 0 Å². The molecule has 0 bridgehead atoms. The van der Waals surface area contributed by atoms with Crippen molar-refractivity contribution < 1.29 is 9.59 Å². The van der Waals surface area contributed by atoms with Crippen LogP contribution in [0.15, 0.2) is 42.9 Å². The van der Waals surface area contributed by atoms with E-state index >= 15 is 0 Å². The molecule has 1 N–H and O–H groups in total. The van der Waals surface area contributed by atoms with Crippen LogP contribution in [0.2, 0.25) is 0 Å². The van der Waals surface area contributed by atoms with Gasteiger partial charge in [-0.05, 0) is 31.2 Å². The highest BCUT2D eigenvalue weighted by Gasteiger charge is 2.46. The summed E-state index contributed by atoms with van der Waals surface area (Å²) in [6, 6.07) is 7.12. The van der Waals surface area contributed by atoms with E-state index in [9.17, 15) is 9.59 Å². The maximum Gasteiger partial charge on any atom is 0.256 e. The van der Waals surface area contributed by atoms with Crippen molar-refractivity contribution in [3.63, 3.8) is 0 Å². The molecule has 2 amide bonds. The molecule has 7 heteroatoms. The maximum absolute atomic E-state index is 12.7. The molecule has 2 aliphatic heterocycles. The summed E-state index contributed by atoms with van der Waals surface area (Å²) in [7, 11) is 0. The van der Waals surface area contributed by atoms with E-state index in [-0.39, 0.29) is 11.8 Å². The van der Waals surface area contributed by atoms with Gasteiger partial charge in [-0.25, -0.2) is 4.98 Å². The standard InChI is InChI=1S/C19H21N5O2/c1-2-24-16-15(6-4-10-21-16)17(25)22-19(24)7-11-23(12-8-19)18(26)14-5-3-9-20-13-14/h3-6,9-10,13H,2,7-8,11-12H2,1H3,(H,22,25). The third-order valence-electron chi connectivity index (χ3n) is 5.25. The number of fused-ring (bicyclic) bond motifs is 1. The Labute approximate surface area is 152 Å². The highest BCUT2D eigenvalue weighted by atomic mass is 16.2. The number of anilines is 1. The molecule has 2 aromatic rings. The van der Waals surface area contributed by atoms with Gasteiger partial charge in [-0.2, -0.15) is 0 Å². The highest BCUT2D eigenvalue weighted by Crippen LogP contribution is 2.36. The predicted molar refractivity (Wildman–Crippen MR) is 96.8 cm³/mol. The molecule has 1 fully saturated rings. The van der Waals surface area contributed by atoms with Crippen molar-refractivity contribution in [2.45, 2.75) is 25.4 Å². The largest absolute Gasteiger partial charge is 0.338 e. The summed E-state index contributed by atoms with van der Waals surface area (Å²) in [6.07, 6.45) is 6.29. The van der Waals surface area contributed by atoms with Gasteiger partial charge < -0.3 is 15.1 Å². The number of nitrogens with zero attached hydrogens (tertiary/aromatic N) is 4. The summed E-state index contributed by atoms with van der Waals surface area (Å²) in [4.78, 5) is 37.7. The fraction of sp³-hybridized carbons (Fsp3) is 0.368. The summed E-state index contributed by atoms with van der Waals surface area (Å²) >= 11 is 0. The van der Waals surface area contributed by atoms with E-state index in [4.69, 9.17) is 0 Å². The first kappa shape index (κ1) is 16.5. The van der Waals surface area contributed by atoms with Gasteiger partial charge in [-0.1, -0.05) is 0 Å². The summed E-state index contributed by atoms with van der Waals surface area (Å²) < 4.78 is 0. The number of piperidine rings is 1. The second-order valence-electron chi connectivity index (χ2n) is 6.64. The van der Waals surface area contributed by atoms with Crippen LogP contribution in [0.4, 0.5) is 5.82 Å². The normalized spacial score (nSPS) is 18.4. The van der Waals surface area contributed by atoms with Gasteiger partial charge in [0.15, 0.2) is 0 Å². The number of likely N-dealkylation sites (tertiary alicyclic amines) is 1. The second-order valence-corrected chi connectivity index (χ2v) is 6.64. The number of nitrogens with one attached hydrogen (secondary N) is 1. The Morgan fingerprint density at radius 1 is 1.23 bits per heavy atom. The van der Waals surface area contributed by atoms with Crippen molar-refractivity contribution in [2.75, 3.05) is 24.5 Å². The Bertz CT molecular complexity index is 831. The third-order valence-corrected chi connectivity index (χ3v) is 5.25. The van der Waals surface area contributed by atoms with Crippen molar-refractivity contribution in [1.82, 2.24) is 20.2 Å². The van der Waals surface area contributed by atoms with Crippen LogP contribution in [0, 0.1) is 0 Å². The Hall–Kier alpha value is -2.96. The molecule has 2 aromatic heterocycles. The highest BCUT2D eigenvalue weighted by molar-refractivity contribution is 6.01. The predicted octanol–water partition coefficient (Wildman–Crippen LogP) is 1.68. The Morgan fingerprint density at radius 2 is 2.00 bits per heavy atom. The molecule has 134 valence electrons. The quantitative estimate of drug-likeness (QED) is 0.891. The lowest BCUT2D eigenvalue weighted by atomic mass is 9.91. The zero-order chi connectivity index (χ0) is 18.1. The van der Waals surface area contributed by atoms with E-state index in [1.165, 1.54) is 0 Å². The average Bonchev–Trinajstić information content (AvgIpc) is 2.69. The lowest BCUT2D eigenvalue weighted by Gasteiger charge is -2.51. The Kier molecular flexibility index (Phi) is 4.06. The van der Waals surface area contributed by atoms with E-state index in [0.29, 0.717) is 37.1 Å². The molecule has 0 saturated carbocycles. The van der Waals surface area contributed by atoms with Crippen LogP contribution >= 0.6 is 0 Å². The number of amides is 2. The van der Waals surface area contributed by atoms with Gasteiger partial charge in [-0.15, -0.1) is 0 Å². The zero-order valence-electron chi connectivity index (χ0n) is 14.7. The van der Waals surface area contributed by atoms with Gasteiger partial charge in [0, 0.05) is 51.1 Å². The number of hydrogen-bond acceptors (Lipinski definition) is 5. The molecule has 4 rings (SSSR count). The molecular formula is C19H21N5O2. The lowest BCUT2D eigenvalue weighted by Crippen LogP contribution is -2.68. The van der Waals surface area contributed by atoms with Gasteiger partial charge in [0.05, 0.1) is 11.1 Å². The molecule has 4 heterocycles. The average molecular weight is 351 g/mol. The molecule has 0 unspecified atom stereocenters. The maximum atomic E-state index is 12.7. The topological polar surface area (TPSA) is 78.4 Å². The molecule has 1 saturated heterocycles. The third kappa shape index (κ3) is 2.60. The zero-order valence-corrected chi connectivity index (χ0v) is 14.7. The summed E-state index contributed by atoms with van der Waals surface area (Å²) in [5.41, 5.74) is 0.711. The van der Waals surface area contributed by atoms with Crippen LogP contribution in [0.25, 0.3) is 0 Å². The summed E-state index contributed by atoms with van der Waals surface area (Å²) in [6.45, 7) is 3.95. The smallest absolute Gasteiger partial charge is 0.256 e. The van der Waals surface area contributed by atoms with Crippen molar-refractivity contribution in [3.8, 4) is 0 Å². The van der Waals surface area contributed by atoms with E-state index in [2.05, 4.69) is 27.1 Å². The number of carbonyl (C=O) groups is 2. The first-order valence-electron chi connectivity index (χ1n) is 8.89. The fourth-order valence-corrected chi connectivity index (χ4v) is 3.94. The van der Waals surface area contributed by atoms with E-state index in [1.54, 1.807) is 42.9 Å². The number of hydrogen-bond donors (Lipinski definition) is 1. The SMILES string of the molecule is CCN1c2ncccc2C(=O)NC12CCN(C(=O)c1cccnc1)CC2. The van der Waals surface area contributed by atoms with Crippen molar-refractivity contribution in [2.24, 2.45) is 0 Å². The number of rotatable bonds is 2. The first-order chi connectivity index (χ1) is 12.6. The minimum absolute atomic E-state index is 0.0170. The van der Waals surface area contributed by atoms with Gasteiger partial charge >= 0.3 is 0 Å². The van der Waals surface area contributed by atoms with Crippen LogP contribution in [0.3, 0.4) is 0 Å². The Balaban J connectivity index is 1.56. The van der Waals surface area contributed by atoms with E-state index in [0.717, 1.165) is 12.4 Å². The van der Waals surface area contributed by atoms with E-state index < -0.39 is 5.66 Å². The molecule has 0 aromatic carbocycles. The van der Waals surface area contributed by atoms with Gasteiger partial charge in [0.2, 0.25) is 0 Å². The van der Waals surface area contributed by atoms with E-state index in [1.807, 2.05) is 4.90 Å². The van der Waals surface area contributed by atoms with Gasteiger partial charge in [0.25, 0.3) is 11.8 Å². The molecular weight excluding hydrogens is 330 g/mol. The molecule has 7 nitrogen and oxygen atoms in total. The Morgan fingerprint density at radius 3 is 2.69 bits per heavy atom. The first-order valence-corrected chi connectivity index (χ1v) is 8.89. The monoisotopic (exact) mass is 351 g/mol. The summed E-state index contributed by atoms with van der Waals surface area (Å²) in [5, 5.41) is 3.18. The van der Waals surface area contributed by atoms with Gasteiger partial charge in [0.1, 0.15) is 11.5 Å². The molecule has 26 heavy (non-hydrogen) atoms. The van der Waals surface area contributed by atoms with Crippen LogP contribution in [-0.4, -0.2) is 52.0 Å². The fourth-order valence-electron chi connectivity index (χ4n) is 3.94. The van der Waals surface area contributed by atoms with Crippen molar-refractivity contribution >= 4 is 17.6 Å². The minimum atomic E-state index is -0.487. The summed E-state index contributed by atoms with van der Waals surface area (Å²) in [5.74, 6) is 0.618. The van der Waals surface area contributed by atoms with Gasteiger partial charge in [-0.3, -0.25) is 14.6 Å². The van der Waals surface area contributed by atoms with Crippen molar-refractivity contribution in [3.05, 3.63) is 54.0 Å². The molecule has 0 aliphatic carbocycles. The molecule has 0 atom stereocenters. The minimum Gasteiger partial charge on any atom is -0.338 e. The van der Waals surface area contributed by atoms with Crippen LogP contribution < -0.4 is 10.2 Å². The second kappa shape index (κ2) is 6.40. The van der Waals surface area contributed by atoms with Crippen molar-refractivity contribution in [1.29, 1.82) is 0 Å². The molecule has 0 radical (unpaired) electrons. The number of aromatic nitrogens is 2. The number of pyridine rings is 2. The van der Waals surface area contributed by atoms with Crippen LogP contribution in [0.1, 0.15) is 40.5 Å². The number of carbonyl (C=O) groups excluding carboxylic acids is 2.